The highest BCUT2D eigenvalue weighted by Crippen LogP contribution is 2.30. The Morgan fingerprint density at radius 3 is 3.00 bits per heavy atom. The standard InChI is InChI=1S/C14H15N3O3S/c1-14(12(18)19)4-5-17(7-14)13(20)16-9-2-3-11-10(6-9)15-8-21-11/h2-3,6,8H,4-5,7H2,1H3,(H,16,20)(H,18,19). The maximum absolute atomic E-state index is 12.2. The van der Waals surface area contributed by atoms with Gasteiger partial charge in [0.2, 0.25) is 0 Å². The number of nitrogens with one attached hydrogen (secondary N) is 1. The predicted octanol–water partition coefficient (Wildman–Crippen LogP) is 2.62. The number of carboxylic acid groups (broad SMARTS) is 1. The minimum atomic E-state index is -0.860. The van der Waals surface area contributed by atoms with Crippen LogP contribution in [0.3, 0.4) is 0 Å². The smallest absolute Gasteiger partial charge is 0.321 e. The summed E-state index contributed by atoms with van der Waals surface area (Å²) >= 11 is 1.54. The zero-order chi connectivity index (χ0) is 15.0. The Hall–Kier alpha value is -2.15. The second kappa shape index (κ2) is 5.00. The molecule has 6 nitrogen and oxygen atoms in total. The molecule has 21 heavy (non-hydrogen) atoms. The maximum Gasteiger partial charge on any atom is 0.321 e. The molecule has 3 rings (SSSR count). The molecule has 0 bridgehead atoms. The summed E-state index contributed by atoms with van der Waals surface area (Å²) < 4.78 is 1.06. The summed E-state index contributed by atoms with van der Waals surface area (Å²) in [5.74, 6) is -0.860. The first-order valence-corrected chi connectivity index (χ1v) is 7.48. The zero-order valence-electron chi connectivity index (χ0n) is 11.5. The molecular weight excluding hydrogens is 290 g/mol. The molecule has 0 saturated carbocycles. The van der Waals surface area contributed by atoms with Crippen molar-refractivity contribution in [3.8, 4) is 0 Å². The van der Waals surface area contributed by atoms with E-state index in [1.165, 1.54) is 0 Å². The molecule has 1 aromatic carbocycles. The first-order valence-electron chi connectivity index (χ1n) is 6.60. The Bertz CT molecular complexity index is 714. The van der Waals surface area contributed by atoms with Crippen LogP contribution in [0.15, 0.2) is 23.7 Å². The van der Waals surface area contributed by atoms with Crippen LogP contribution in [0.5, 0.6) is 0 Å². The summed E-state index contributed by atoms with van der Waals surface area (Å²) in [5.41, 5.74) is 2.42. The third kappa shape index (κ3) is 2.56. The minimum Gasteiger partial charge on any atom is -0.481 e. The summed E-state index contributed by atoms with van der Waals surface area (Å²) in [6.45, 7) is 2.35. The van der Waals surface area contributed by atoms with Crippen molar-refractivity contribution in [3.63, 3.8) is 0 Å². The highest BCUT2D eigenvalue weighted by Gasteiger charge is 2.42. The highest BCUT2D eigenvalue weighted by atomic mass is 32.1. The van der Waals surface area contributed by atoms with Gasteiger partial charge in [0.15, 0.2) is 0 Å². The van der Waals surface area contributed by atoms with Gasteiger partial charge in [-0.25, -0.2) is 9.78 Å². The number of benzene rings is 1. The van der Waals surface area contributed by atoms with Crippen LogP contribution < -0.4 is 5.32 Å². The second-order valence-corrected chi connectivity index (χ2v) is 6.39. The normalized spacial score (nSPS) is 21.7. The number of carbonyl (C=O) groups is 2. The number of carboxylic acids is 1. The number of aromatic nitrogens is 1. The number of rotatable bonds is 2. The Morgan fingerprint density at radius 2 is 2.29 bits per heavy atom. The molecule has 2 amide bonds. The van der Waals surface area contributed by atoms with E-state index in [0.717, 1.165) is 10.2 Å². The fourth-order valence-electron chi connectivity index (χ4n) is 2.45. The van der Waals surface area contributed by atoms with Crippen molar-refractivity contribution in [3.05, 3.63) is 23.7 Å². The zero-order valence-corrected chi connectivity index (χ0v) is 12.3. The van der Waals surface area contributed by atoms with Crippen molar-refractivity contribution in [1.29, 1.82) is 0 Å². The first kappa shape index (κ1) is 13.8. The van der Waals surface area contributed by atoms with Gasteiger partial charge in [-0.3, -0.25) is 4.79 Å². The van der Waals surface area contributed by atoms with Gasteiger partial charge in [0, 0.05) is 18.8 Å². The lowest BCUT2D eigenvalue weighted by molar-refractivity contribution is -0.146. The molecule has 1 saturated heterocycles. The second-order valence-electron chi connectivity index (χ2n) is 5.50. The van der Waals surface area contributed by atoms with E-state index < -0.39 is 11.4 Å². The van der Waals surface area contributed by atoms with Gasteiger partial charge in [0.1, 0.15) is 0 Å². The molecular formula is C14H15N3O3S. The number of aliphatic carboxylic acids is 1. The monoisotopic (exact) mass is 305 g/mol. The number of urea groups is 1. The lowest BCUT2D eigenvalue weighted by Crippen LogP contribution is -2.37. The number of hydrogen-bond donors (Lipinski definition) is 2. The summed E-state index contributed by atoms with van der Waals surface area (Å²) in [4.78, 5) is 29.2. The number of thiazole rings is 1. The topological polar surface area (TPSA) is 82.5 Å². The lowest BCUT2D eigenvalue weighted by Gasteiger charge is -2.20. The fourth-order valence-corrected chi connectivity index (χ4v) is 3.11. The van der Waals surface area contributed by atoms with Crippen LogP contribution in [0.1, 0.15) is 13.3 Å². The van der Waals surface area contributed by atoms with E-state index in [4.69, 9.17) is 0 Å². The molecule has 0 radical (unpaired) electrons. The summed E-state index contributed by atoms with van der Waals surface area (Å²) in [6.07, 6.45) is 0.473. The quantitative estimate of drug-likeness (QED) is 0.893. The maximum atomic E-state index is 12.2. The molecule has 1 aliphatic heterocycles. The third-order valence-corrected chi connectivity index (χ3v) is 4.67. The number of likely N-dealkylation sites (tertiary alicyclic amines) is 1. The average molecular weight is 305 g/mol. The number of fused-ring (bicyclic) bond motifs is 1. The van der Waals surface area contributed by atoms with Gasteiger partial charge < -0.3 is 15.3 Å². The van der Waals surface area contributed by atoms with Gasteiger partial charge in [-0.05, 0) is 31.5 Å². The van der Waals surface area contributed by atoms with Crippen LogP contribution in [-0.4, -0.2) is 40.1 Å². The Kier molecular flexibility index (Phi) is 3.29. The lowest BCUT2D eigenvalue weighted by atomic mass is 9.90. The van der Waals surface area contributed by atoms with Crippen molar-refractivity contribution in [2.75, 3.05) is 18.4 Å². The first-order chi connectivity index (χ1) is 9.98. The van der Waals surface area contributed by atoms with E-state index in [0.29, 0.717) is 18.7 Å². The van der Waals surface area contributed by atoms with Gasteiger partial charge in [0.05, 0.1) is 21.1 Å². The van der Waals surface area contributed by atoms with Crippen LogP contribution >= 0.6 is 11.3 Å². The number of anilines is 1. The summed E-state index contributed by atoms with van der Waals surface area (Å²) in [7, 11) is 0. The Morgan fingerprint density at radius 1 is 1.48 bits per heavy atom. The predicted molar refractivity (Wildman–Crippen MR) is 80.6 cm³/mol. The molecule has 2 heterocycles. The van der Waals surface area contributed by atoms with Gasteiger partial charge in [-0.15, -0.1) is 11.3 Å². The van der Waals surface area contributed by atoms with Crippen LogP contribution in [0.2, 0.25) is 0 Å². The SMILES string of the molecule is CC1(C(=O)O)CCN(C(=O)Nc2ccc3scnc3c2)C1. The van der Waals surface area contributed by atoms with Crippen LogP contribution in [0, 0.1) is 5.41 Å². The van der Waals surface area contributed by atoms with Gasteiger partial charge in [0.25, 0.3) is 0 Å². The Labute approximate surface area is 125 Å². The minimum absolute atomic E-state index is 0.229. The Balaban J connectivity index is 1.70. The van der Waals surface area contributed by atoms with Gasteiger partial charge >= 0.3 is 12.0 Å². The van der Waals surface area contributed by atoms with Gasteiger partial charge in [-0.2, -0.15) is 0 Å². The molecule has 7 heteroatoms. The van der Waals surface area contributed by atoms with Crippen molar-refractivity contribution >= 4 is 39.2 Å². The fraction of sp³-hybridized carbons (Fsp3) is 0.357. The summed E-state index contributed by atoms with van der Waals surface area (Å²) in [6, 6.07) is 5.28. The molecule has 1 unspecified atom stereocenters. The molecule has 0 spiro atoms. The molecule has 110 valence electrons. The van der Waals surface area contributed by atoms with Crippen LogP contribution in [-0.2, 0) is 4.79 Å². The largest absolute Gasteiger partial charge is 0.481 e. The van der Waals surface area contributed by atoms with Crippen LogP contribution in [0.25, 0.3) is 10.2 Å². The number of amides is 2. The van der Waals surface area contributed by atoms with Crippen molar-refractivity contribution in [2.24, 2.45) is 5.41 Å². The van der Waals surface area contributed by atoms with Crippen LogP contribution in [0.4, 0.5) is 10.5 Å². The third-order valence-electron chi connectivity index (χ3n) is 3.86. The average Bonchev–Trinajstić information content (AvgIpc) is 3.05. The van der Waals surface area contributed by atoms with E-state index in [1.807, 2.05) is 18.2 Å². The molecule has 1 fully saturated rings. The van der Waals surface area contributed by atoms with E-state index in [2.05, 4.69) is 10.3 Å². The number of carbonyl (C=O) groups excluding carboxylic acids is 1. The van der Waals surface area contributed by atoms with E-state index in [1.54, 1.807) is 28.7 Å². The highest BCUT2D eigenvalue weighted by molar-refractivity contribution is 7.16. The number of hydrogen-bond acceptors (Lipinski definition) is 4. The van der Waals surface area contributed by atoms with E-state index in [9.17, 15) is 14.7 Å². The van der Waals surface area contributed by atoms with Gasteiger partial charge in [-0.1, -0.05) is 0 Å². The van der Waals surface area contributed by atoms with E-state index >= 15 is 0 Å². The molecule has 0 aliphatic carbocycles. The molecule has 1 aliphatic rings. The molecule has 2 aromatic rings. The van der Waals surface area contributed by atoms with E-state index in [-0.39, 0.29) is 12.6 Å². The van der Waals surface area contributed by atoms with Crippen molar-refractivity contribution in [1.82, 2.24) is 9.88 Å². The number of nitrogens with zero attached hydrogens (tertiary/aromatic N) is 2. The molecule has 1 atom stereocenters. The molecule has 1 aromatic heterocycles. The van der Waals surface area contributed by atoms with Crippen molar-refractivity contribution < 1.29 is 14.7 Å². The summed E-state index contributed by atoms with van der Waals surface area (Å²) in [5, 5.41) is 12.0. The molecule has 2 N–H and O–H groups in total. The van der Waals surface area contributed by atoms with Crippen molar-refractivity contribution in [2.45, 2.75) is 13.3 Å².